The summed E-state index contributed by atoms with van der Waals surface area (Å²) in [6.45, 7) is 0. The third-order valence-corrected chi connectivity index (χ3v) is 3.31. The molecule has 18 heavy (non-hydrogen) atoms. The van der Waals surface area contributed by atoms with Crippen LogP contribution in [0.1, 0.15) is 15.9 Å². The zero-order chi connectivity index (χ0) is 13.3. The Morgan fingerprint density at radius 2 is 2.06 bits per heavy atom. The van der Waals surface area contributed by atoms with Crippen LogP contribution in [0.25, 0.3) is 0 Å². The third kappa shape index (κ3) is 2.37. The molecule has 0 aliphatic heterocycles. The largest absolute Gasteiger partial charge is 0.396 e. The molecule has 1 aromatic heterocycles. The number of pyridine rings is 1. The number of carbonyl (C=O) groups is 1. The van der Waals surface area contributed by atoms with Gasteiger partial charge in [0.25, 0.3) is 0 Å². The van der Waals surface area contributed by atoms with Crippen molar-refractivity contribution in [3.8, 4) is 0 Å². The van der Waals surface area contributed by atoms with Gasteiger partial charge in [0.05, 0.1) is 10.7 Å². The van der Waals surface area contributed by atoms with Crippen molar-refractivity contribution in [3.63, 3.8) is 0 Å². The van der Waals surface area contributed by atoms with Gasteiger partial charge in [-0.2, -0.15) is 0 Å². The highest BCUT2D eigenvalue weighted by Gasteiger charge is 2.17. The highest BCUT2D eigenvalue weighted by atomic mass is 79.9. The van der Waals surface area contributed by atoms with Crippen molar-refractivity contribution >= 4 is 39.0 Å². The minimum atomic E-state index is -0.500. The normalized spacial score (nSPS) is 10.4. The van der Waals surface area contributed by atoms with Gasteiger partial charge in [-0.1, -0.05) is 11.6 Å². The molecule has 0 radical (unpaired) electrons. The second kappa shape index (κ2) is 5.04. The summed E-state index contributed by atoms with van der Waals surface area (Å²) >= 11 is 8.97. The van der Waals surface area contributed by atoms with E-state index < -0.39 is 5.82 Å². The fourth-order valence-corrected chi connectivity index (χ4v) is 2.05. The maximum Gasteiger partial charge on any atom is 0.196 e. The van der Waals surface area contributed by atoms with Gasteiger partial charge < -0.3 is 5.73 Å². The lowest BCUT2D eigenvalue weighted by Gasteiger charge is -2.07. The van der Waals surface area contributed by atoms with E-state index in [9.17, 15) is 9.18 Å². The van der Waals surface area contributed by atoms with Crippen molar-refractivity contribution < 1.29 is 9.18 Å². The number of carbonyl (C=O) groups excluding carboxylic acids is 1. The summed E-state index contributed by atoms with van der Waals surface area (Å²) in [5.41, 5.74) is 6.44. The molecule has 3 nitrogen and oxygen atoms in total. The van der Waals surface area contributed by atoms with E-state index in [0.29, 0.717) is 4.60 Å². The van der Waals surface area contributed by atoms with E-state index in [0.717, 1.165) is 6.07 Å². The lowest BCUT2D eigenvalue weighted by molar-refractivity contribution is 0.103. The van der Waals surface area contributed by atoms with Gasteiger partial charge in [-0.3, -0.25) is 4.79 Å². The Labute approximate surface area is 116 Å². The lowest BCUT2D eigenvalue weighted by atomic mass is 10.0. The van der Waals surface area contributed by atoms with Gasteiger partial charge in [-0.05, 0) is 40.2 Å². The quantitative estimate of drug-likeness (QED) is 0.678. The summed E-state index contributed by atoms with van der Waals surface area (Å²) in [6.07, 6.45) is 1.45. The van der Waals surface area contributed by atoms with Crippen LogP contribution in [0.3, 0.4) is 0 Å². The summed E-state index contributed by atoms with van der Waals surface area (Å²) in [6, 6.07) is 5.07. The maximum atomic E-state index is 12.9. The van der Waals surface area contributed by atoms with Gasteiger partial charge in [0.15, 0.2) is 5.78 Å². The number of aromatic nitrogens is 1. The van der Waals surface area contributed by atoms with Gasteiger partial charge in [0.2, 0.25) is 0 Å². The molecule has 0 unspecified atom stereocenters. The molecule has 0 saturated carbocycles. The van der Waals surface area contributed by atoms with Gasteiger partial charge in [0, 0.05) is 17.3 Å². The van der Waals surface area contributed by atoms with Crippen molar-refractivity contribution in [3.05, 3.63) is 57.0 Å². The molecular weight excluding hydrogens is 322 g/mol. The van der Waals surface area contributed by atoms with Crippen LogP contribution < -0.4 is 5.73 Å². The smallest absolute Gasteiger partial charge is 0.196 e. The number of nitrogens with two attached hydrogens (primary N) is 1. The standard InChI is InChI=1S/C12H7BrClFN2O/c13-12-10(16)8(3-4-17-12)11(18)7-2-1-6(15)5-9(7)14/h1-5H,16H2. The number of ketones is 1. The van der Waals surface area contributed by atoms with Crippen molar-refractivity contribution in [2.24, 2.45) is 0 Å². The molecule has 0 atom stereocenters. The molecule has 0 aliphatic carbocycles. The number of nitrogen functional groups attached to an aromatic ring is 1. The van der Waals surface area contributed by atoms with Crippen LogP contribution in [0.15, 0.2) is 35.1 Å². The molecule has 0 aliphatic rings. The van der Waals surface area contributed by atoms with Crippen LogP contribution in [0.2, 0.25) is 5.02 Å². The first kappa shape index (κ1) is 13.0. The van der Waals surface area contributed by atoms with E-state index in [2.05, 4.69) is 20.9 Å². The summed E-state index contributed by atoms with van der Waals surface area (Å²) in [4.78, 5) is 16.1. The third-order valence-electron chi connectivity index (χ3n) is 2.36. The number of hydrogen-bond donors (Lipinski definition) is 1. The first-order chi connectivity index (χ1) is 8.50. The number of nitrogens with zero attached hydrogens (tertiary/aromatic N) is 1. The zero-order valence-corrected chi connectivity index (χ0v) is 11.3. The van der Waals surface area contributed by atoms with Crippen LogP contribution >= 0.6 is 27.5 Å². The first-order valence-electron chi connectivity index (χ1n) is 4.90. The average molecular weight is 330 g/mol. The minimum Gasteiger partial charge on any atom is -0.396 e. The van der Waals surface area contributed by atoms with E-state index in [1.165, 1.54) is 24.4 Å². The molecule has 0 amide bonds. The van der Waals surface area contributed by atoms with Gasteiger partial charge in [0.1, 0.15) is 10.4 Å². The Morgan fingerprint density at radius 1 is 1.33 bits per heavy atom. The number of hydrogen-bond acceptors (Lipinski definition) is 3. The fraction of sp³-hybridized carbons (Fsp3) is 0. The monoisotopic (exact) mass is 328 g/mol. The molecule has 2 aromatic rings. The molecule has 0 bridgehead atoms. The SMILES string of the molecule is Nc1c(C(=O)c2ccc(F)cc2Cl)ccnc1Br. The van der Waals surface area contributed by atoms with Crippen LogP contribution in [0.4, 0.5) is 10.1 Å². The molecule has 1 aromatic carbocycles. The zero-order valence-electron chi connectivity index (χ0n) is 8.95. The van der Waals surface area contributed by atoms with Crippen molar-refractivity contribution in [2.45, 2.75) is 0 Å². The molecule has 2 N–H and O–H groups in total. The number of anilines is 1. The highest BCUT2D eigenvalue weighted by Crippen LogP contribution is 2.26. The summed E-state index contributed by atoms with van der Waals surface area (Å²) in [5.74, 6) is -0.874. The second-order valence-electron chi connectivity index (χ2n) is 3.52. The van der Waals surface area contributed by atoms with E-state index in [1.54, 1.807) is 0 Å². The molecule has 0 fully saturated rings. The Bertz CT molecular complexity index is 633. The predicted molar refractivity (Wildman–Crippen MR) is 71.2 cm³/mol. The average Bonchev–Trinajstić information content (AvgIpc) is 2.32. The molecule has 0 spiro atoms. The van der Waals surface area contributed by atoms with Gasteiger partial charge in [-0.25, -0.2) is 9.37 Å². The summed E-state index contributed by atoms with van der Waals surface area (Å²) < 4.78 is 13.3. The van der Waals surface area contributed by atoms with Crippen molar-refractivity contribution in [2.75, 3.05) is 5.73 Å². The highest BCUT2D eigenvalue weighted by molar-refractivity contribution is 9.10. The molecule has 0 saturated heterocycles. The van der Waals surface area contributed by atoms with E-state index in [4.69, 9.17) is 17.3 Å². The van der Waals surface area contributed by atoms with Crippen LogP contribution in [-0.2, 0) is 0 Å². The number of rotatable bonds is 2. The summed E-state index contributed by atoms with van der Waals surface area (Å²) in [7, 11) is 0. The Balaban J connectivity index is 2.51. The molecule has 2 rings (SSSR count). The predicted octanol–water partition coefficient (Wildman–Crippen LogP) is 3.45. The van der Waals surface area contributed by atoms with E-state index in [1.807, 2.05) is 0 Å². The number of halogens is 3. The molecule has 6 heteroatoms. The molecule has 1 heterocycles. The molecule has 92 valence electrons. The first-order valence-corrected chi connectivity index (χ1v) is 6.07. The van der Waals surface area contributed by atoms with Gasteiger partial charge in [-0.15, -0.1) is 0 Å². The van der Waals surface area contributed by atoms with Crippen LogP contribution in [-0.4, -0.2) is 10.8 Å². The fourth-order valence-electron chi connectivity index (χ4n) is 1.46. The van der Waals surface area contributed by atoms with E-state index in [-0.39, 0.29) is 27.6 Å². The minimum absolute atomic E-state index is 0.0485. The Kier molecular flexibility index (Phi) is 3.63. The van der Waals surface area contributed by atoms with Crippen LogP contribution in [0.5, 0.6) is 0 Å². The lowest BCUT2D eigenvalue weighted by Crippen LogP contribution is -2.07. The Hall–Kier alpha value is -1.46. The molecular formula is C12H7BrClFN2O. The Morgan fingerprint density at radius 3 is 2.72 bits per heavy atom. The van der Waals surface area contributed by atoms with E-state index >= 15 is 0 Å². The van der Waals surface area contributed by atoms with Crippen LogP contribution in [0, 0.1) is 5.82 Å². The van der Waals surface area contributed by atoms with Crippen molar-refractivity contribution in [1.29, 1.82) is 0 Å². The second-order valence-corrected chi connectivity index (χ2v) is 4.67. The van der Waals surface area contributed by atoms with Gasteiger partial charge >= 0.3 is 0 Å². The maximum absolute atomic E-state index is 12.9. The number of benzene rings is 1. The topological polar surface area (TPSA) is 56.0 Å². The van der Waals surface area contributed by atoms with Crippen molar-refractivity contribution in [1.82, 2.24) is 4.98 Å². The summed E-state index contributed by atoms with van der Waals surface area (Å²) in [5, 5.41) is 0.0485.